The zero-order chi connectivity index (χ0) is 32.2. The van der Waals surface area contributed by atoms with Crippen LogP contribution in [0, 0.1) is 11.6 Å². The number of fused-ring (bicyclic) bond motifs is 1. The van der Waals surface area contributed by atoms with Crippen molar-refractivity contribution in [2.75, 3.05) is 18.6 Å². The van der Waals surface area contributed by atoms with Crippen LogP contribution in [0.15, 0.2) is 57.7 Å². The molecule has 1 aliphatic carbocycles. The fourth-order valence-electron chi connectivity index (χ4n) is 6.09. The van der Waals surface area contributed by atoms with Crippen molar-refractivity contribution in [3.8, 4) is 5.69 Å². The summed E-state index contributed by atoms with van der Waals surface area (Å²) in [4.78, 5) is 31.3. The number of amidine groups is 1. The topological polar surface area (TPSA) is 131 Å². The minimum Gasteiger partial charge on any atom is -0.386 e. The molecule has 0 spiro atoms. The van der Waals surface area contributed by atoms with E-state index in [-0.39, 0.29) is 39.9 Å². The van der Waals surface area contributed by atoms with Gasteiger partial charge in [-0.1, -0.05) is 36.9 Å². The molecule has 5 rings (SSSR count). The number of hydrogen-bond donors (Lipinski definition) is 3. The smallest absolute Gasteiger partial charge is 0.266 e. The maximum Gasteiger partial charge on any atom is 0.266 e. The summed E-state index contributed by atoms with van der Waals surface area (Å²) in [6, 6.07) is 10.8. The van der Waals surface area contributed by atoms with Gasteiger partial charge in [-0.05, 0) is 66.3 Å². The Labute approximate surface area is 266 Å². The standard InChI is InChI=1S/C32H33ClF2N6O3S/c1-37-29-27(11-10-24(33)28(29)30(36)40-45(2)44)41-31(26(38-17-42)14-18-12-21(34)16-22(35)13-18)39-25-15-20(8-9-23(25)32(41)43)19-6-4-3-5-7-19/h8-13,15-17,19,26,37H,3-7,14H2,1-2H3,(H2,36,40)(H,38,42). The molecule has 2 unspecified atom stereocenters. The molecule has 1 amide bonds. The lowest BCUT2D eigenvalue weighted by Crippen LogP contribution is -2.33. The Morgan fingerprint density at radius 3 is 2.51 bits per heavy atom. The maximum atomic E-state index is 14.4. The van der Waals surface area contributed by atoms with Crippen molar-refractivity contribution in [3.63, 3.8) is 0 Å². The zero-order valence-electron chi connectivity index (χ0n) is 24.8. The Morgan fingerprint density at radius 1 is 1.16 bits per heavy atom. The number of nitrogens with two attached hydrogens (primary N) is 1. The van der Waals surface area contributed by atoms with Crippen LogP contribution >= 0.6 is 11.6 Å². The van der Waals surface area contributed by atoms with Crippen LogP contribution in [0.1, 0.15) is 66.6 Å². The van der Waals surface area contributed by atoms with Gasteiger partial charge in [0.1, 0.15) is 34.3 Å². The Kier molecular flexibility index (Phi) is 9.93. The monoisotopic (exact) mass is 654 g/mol. The molecule has 0 radical (unpaired) electrons. The van der Waals surface area contributed by atoms with Crippen molar-refractivity contribution < 1.29 is 17.8 Å². The van der Waals surface area contributed by atoms with Gasteiger partial charge in [-0.25, -0.2) is 18.0 Å². The molecular weight excluding hydrogens is 622 g/mol. The Balaban J connectivity index is 1.80. The fraction of sp³-hybridized carbons (Fsp3) is 0.312. The van der Waals surface area contributed by atoms with Crippen molar-refractivity contribution in [2.45, 2.75) is 50.5 Å². The van der Waals surface area contributed by atoms with E-state index in [0.717, 1.165) is 49.4 Å². The molecule has 0 saturated heterocycles. The maximum absolute atomic E-state index is 14.4. The van der Waals surface area contributed by atoms with Crippen molar-refractivity contribution in [3.05, 3.63) is 98.1 Å². The van der Waals surface area contributed by atoms with Crippen molar-refractivity contribution in [1.82, 2.24) is 14.9 Å². The molecule has 45 heavy (non-hydrogen) atoms. The first kappa shape index (κ1) is 32.2. The molecule has 236 valence electrons. The number of carbonyl (C=O) groups is 1. The second kappa shape index (κ2) is 13.9. The van der Waals surface area contributed by atoms with Gasteiger partial charge in [0, 0.05) is 25.8 Å². The van der Waals surface area contributed by atoms with Gasteiger partial charge in [-0.3, -0.25) is 14.2 Å². The summed E-state index contributed by atoms with van der Waals surface area (Å²) < 4.78 is 45.5. The van der Waals surface area contributed by atoms with E-state index in [0.29, 0.717) is 28.9 Å². The van der Waals surface area contributed by atoms with E-state index >= 15 is 0 Å². The van der Waals surface area contributed by atoms with Crippen LogP contribution < -0.4 is 21.9 Å². The zero-order valence-corrected chi connectivity index (χ0v) is 26.4. The van der Waals surface area contributed by atoms with Crippen molar-refractivity contribution >= 4 is 51.4 Å². The average Bonchev–Trinajstić information content (AvgIpc) is 3.00. The van der Waals surface area contributed by atoms with E-state index in [1.165, 1.54) is 23.3 Å². The number of nitrogens with one attached hydrogen (secondary N) is 2. The van der Waals surface area contributed by atoms with Crippen LogP contribution in [0.25, 0.3) is 16.6 Å². The summed E-state index contributed by atoms with van der Waals surface area (Å²) in [6.07, 6.45) is 7.25. The van der Waals surface area contributed by atoms with Crippen LogP contribution in [0.4, 0.5) is 14.5 Å². The lowest BCUT2D eigenvalue weighted by atomic mass is 9.84. The molecule has 0 aliphatic heterocycles. The highest BCUT2D eigenvalue weighted by molar-refractivity contribution is 7.83. The molecule has 9 nitrogen and oxygen atoms in total. The molecule has 1 aliphatic rings. The van der Waals surface area contributed by atoms with Gasteiger partial charge in [-0.2, -0.15) is 4.40 Å². The molecule has 1 saturated carbocycles. The van der Waals surface area contributed by atoms with Gasteiger partial charge >= 0.3 is 0 Å². The Bertz CT molecular complexity index is 1860. The third-order valence-corrected chi connectivity index (χ3v) is 8.81. The molecule has 1 aromatic heterocycles. The molecule has 1 fully saturated rings. The predicted molar refractivity (Wildman–Crippen MR) is 175 cm³/mol. The van der Waals surface area contributed by atoms with Gasteiger partial charge in [0.2, 0.25) is 6.41 Å². The van der Waals surface area contributed by atoms with Crippen LogP contribution in [0.2, 0.25) is 5.02 Å². The molecule has 1 heterocycles. The number of rotatable bonds is 10. The quantitative estimate of drug-likeness (QED) is 0.119. The van der Waals surface area contributed by atoms with E-state index in [9.17, 15) is 22.6 Å². The number of carbonyl (C=O) groups excluding carboxylic acids is 1. The summed E-state index contributed by atoms with van der Waals surface area (Å²) in [7, 11) is -0.0506. The van der Waals surface area contributed by atoms with Gasteiger partial charge in [0.15, 0.2) is 0 Å². The third-order valence-electron chi connectivity index (χ3n) is 8.05. The van der Waals surface area contributed by atoms with E-state index in [1.807, 2.05) is 12.1 Å². The van der Waals surface area contributed by atoms with Crippen LogP contribution in [-0.4, -0.2) is 39.3 Å². The second-order valence-electron chi connectivity index (χ2n) is 11.0. The first-order valence-electron chi connectivity index (χ1n) is 14.5. The van der Waals surface area contributed by atoms with E-state index in [1.54, 1.807) is 19.2 Å². The molecule has 3 aromatic carbocycles. The normalized spacial score (nSPS) is 15.5. The summed E-state index contributed by atoms with van der Waals surface area (Å²) >= 11 is 6.53. The molecular formula is C32H33ClF2N6O3S. The number of hydrogen-bond acceptors (Lipinski definition) is 5. The largest absolute Gasteiger partial charge is 0.386 e. The summed E-state index contributed by atoms with van der Waals surface area (Å²) in [5.41, 5.74) is 8.29. The number of anilines is 1. The molecule has 13 heteroatoms. The van der Waals surface area contributed by atoms with Gasteiger partial charge in [0.05, 0.1) is 38.9 Å². The van der Waals surface area contributed by atoms with Crippen LogP contribution in [0.5, 0.6) is 0 Å². The van der Waals surface area contributed by atoms with E-state index < -0.39 is 34.2 Å². The van der Waals surface area contributed by atoms with Gasteiger partial charge in [0.25, 0.3) is 5.56 Å². The van der Waals surface area contributed by atoms with Gasteiger partial charge in [-0.15, -0.1) is 0 Å². The third kappa shape index (κ3) is 6.91. The summed E-state index contributed by atoms with van der Waals surface area (Å²) in [6.45, 7) is 0. The lowest BCUT2D eigenvalue weighted by molar-refractivity contribution is -0.110. The number of aromatic nitrogens is 2. The molecule has 4 aromatic rings. The molecule has 0 bridgehead atoms. The minimum absolute atomic E-state index is 0.0819. The van der Waals surface area contributed by atoms with Gasteiger partial charge < -0.3 is 16.4 Å². The number of amides is 1. The average molecular weight is 655 g/mol. The highest BCUT2D eigenvalue weighted by Crippen LogP contribution is 2.35. The number of halogens is 3. The Hall–Kier alpha value is -4.16. The van der Waals surface area contributed by atoms with Crippen LogP contribution in [0.3, 0.4) is 0 Å². The van der Waals surface area contributed by atoms with E-state index in [2.05, 4.69) is 15.0 Å². The molecule has 2 atom stereocenters. The van der Waals surface area contributed by atoms with Crippen molar-refractivity contribution in [1.29, 1.82) is 0 Å². The Morgan fingerprint density at radius 2 is 1.87 bits per heavy atom. The second-order valence-corrected chi connectivity index (χ2v) is 12.4. The number of nitrogens with zero attached hydrogens (tertiary/aromatic N) is 3. The SMILES string of the molecule is CNc1c(-n2c(C(Cc3cc(F)cc(F)c3)NC=O)nc3cc(C4CCCCC4)ccc3c2=O)ccc(Cl)c1/C(N)=N/S(C)=O. The van der Waals surface area contributed by atoms with E-state index in [4.69, 9.17) is 22.3 Å². The predicted octanol–water partition coefficient (Wildman–Crippen LogP) is 5.44. The first-order valence-corrected chi connectivity index (χ1v) is 16.4. The summed E-state index contributed by atoms with van der Waals surface area (Å²) in [5.74, 6) is -1.22. The first-order chi connectivity index (χ1) is 21.6. The lowest BCUT2D eigenvalue weighted by Gasteiger charge is -2.25. The van der Waals surface area contributed by atoms with Crippen LogP contribution in [-0.2, 0) is 22.2 Å². The minimum atomic E-state index is -1.65. The highest BCUT2D eigenvalue weighted by Gasteiger charge is 2.26. The highest BCUT2D eigenvalue weighted by atomic mass is 35.5. The molecule has 4 N–H and O–H groups in total. The number of benzene rings is 3. The summed E-state index contributed by atoms with van der Waals surface area (Å²) in [5, 5.41) is 6.24. The fourth-order valence-corrected chi connectivity index (χ4v) is 6.71. The van der Waals surface area contributed by atoms with Crippen molar-refractivity contribution in [2.24, 2.45) is 10.1 Å².